The summed E-state index contributed by atoms with van der Waals surface area (Å²) in [6.45, 7) is 4.42. The van der Waals surface area contributed by atoms with E-state index in [1.165, 1.54) is 0 Å². The molecule has 158 valence electrons. The first kappa shape index (κ1) is 20.3. The molecule has 9 nitrogen and oxygen atoms in total. The Morgan fingerprint density at radius 2 is 1.90 bits per heavy atom. The Morgan fingerprint density at radius 3 is 2.61 bits per heavy atom. The third-order valence-electron chi connectivity index (χ3n) is 4.71. The molecule has 0 fully saturated rings. The van der Waals surface area contributed by atoms with Crippen molar-refractivity contribution in [2.45, 2.75) is 27.0 Å². The second kappa shape index (κ2) is 8.78. The average molecular weight is 419 g/mol. The molecule has 0 saturated carbocycles. The van der Waals surface area contributed by atoms with Gasteiger partial charge in [0.15, 0.2) is 6.61 Å². The van der Waals surface area contributed by atoms with Gasteiger partial charge in [-0.15, -0.1) is 0 Å². The SMILES string of the molecule is CCN(Cc1nc2ccccc2c(=O)[nH]1)C(=O)c1ccc(OCc2noc(C)n2)cc1. The van der Waals surface area contributed by atoms with Crippen molar-refractivity contribution in [3.8, 4) is 5.75 Å². The largest absolute Gasteiger partial charge is 0.485 e. The highest BCUT2D eigenvalue weighted by Crippen LogP contribution is 2.16. The summed E-state index contributed by atoms with van der Waals surface area (Å²) >= 11 is 0. The van der Waals surface area contributed by atoms with Crippen molar-refractivity contribution >= 4 is 16.8 Å². The number of para-hydroxylation sites is 1. The number of benzene rings is 2. The number of amides is 1. The number of H-pyrrole nitrogens is 1. The van der Waals surface area contributed by atoms with E-state index in [9.17, 15) is 9.59 Å². The van der Waals surface area contributed by atoms with Crippen LogP contribution in [0.4, 0.5) is 0 Å². The van der Waals surface area contributed by atoms with Crippen LogP contribution in [0, 0.1) is 6.92 Å². The Balaban J connectivity index is 1.45. The smallest absolute Gasteiger partial charge is 0.258 e. The lowest BCUT2D eigenvalue weighted by Gasteiger charge is -2.20. The summed E-state index contributed by atoms with van der Waals surface area (Å²) in [4.78, 5) is 38.2. The zero-order valence-corrected chi connectivity index (χ0v) is 17.2. The van der Waals surface area contributed by atoms with E-state index in [0.29, 0.717) is 46.3 Å². The lowest BCUT2D eigenvalue weighted by Crippen LogP contribution is -2.31. The van der Waals surface area contributed by atoms with Gasteiger partial charge in [-0.3, -0.25) is 9.59 Å². The predicted octanol–water partition coefficient (Wildman–Crippen LogP) is 2.86. The molecule has 0 atom stereocenters. The van der Waals surface area contributed by atoms with Gasteiger partial charge in [-0.1, -0.05) is 17.3 Å². The maximum atomic E-state index is 13.0. The molecule has 9 heteroatoms. The summed E-state index contributed by atoms with van der Waals surface area (Å²) in [5.74, 6) is 1.78. The molecule has 4 rings (SSSR count). The van der Waals surface area contributed by atoms with Gasteiger partial charge in [0.2, 0.25) is 11.7 Å². The molecule has 4 aromatic rings. The molecular weight excluding hydrogens is 398 g/mol. The molecule has 1 amide bonds. The van der Waals surface area contributed by atoms with Gasteiger partial charge in [0.25, 0.3) is 11.5 Å². The number of nitrogens with zero attached hydrogens (tertiary/aromatic N) is 4. The third kappa shape index (κ3) is 4.61. The number of fused-ring (bicyclic) bond motifs is 1. The third-order valence-corrected chi connectivity index (χ3v) is 4.71. The Morgan fingerprint density at radius 1 is 1.13 bits per heavy atom. The van der Waals surface area contributed by atoms with Gasteiger partial charge in [0.05, 0.1) is 17.4 Å². The normalized spacial score (nSPS) is 10.9. The van der Waals surface area contributed by atoms with Crippen LogP contribution in [0.2, 0.25) is 0 Å². The van der Waals surface area contributed by atoms with Crippen LogP contribution in [-0.4, -0.2) is 37.5 Å². The quantitative estimate of drug-likeness (QED) is 0.490. The van der Waals surface area contributed by atoms with E-state index in [2.05, 4.69) is 20.1 Å². The minimum Gasteiger partial charge on any atom is -0.485 e. The highest BCUT2D eigenvalue weighted by molar-refractivity contribution is 5.94. The fourth-order valence-corrected chi connectivity index (χ4v) is 3.14. The standard InChI is InChI=1S/C22H21N5O4/c1-3-27(12-19-24-18-7-5-4-6-17(18)21(28)25-19)22(29)15-8-10-16(11-9-15)30-13-20-23-14(2)31-26-20/h4-11H,3,12-13H2,1-2H3,(H,24,25,28). The Kier molecular flexibility index (Phi) is 5.74. The summed E-state index contributed by atoms with van der Waals surface area (Å²) in [5, 5.41) is 4.29. The number of aryl methyl sites for hydroxylation is 1. The molecule has 2 heterocycles. The number of rotatable bonds is 7. The van der Waals surface area contributed by atoms with Gasteiger partial charge in [-0.2, -0.15) is 4.98 Å². The maximum Gasteiger partial charge on any atom is 0.258 e. The monoisotopic (exact) mass is 419 g/mol. The number of carbonyl (C=O) groups excluding carboxylic acids is 1. The molecule has 2 aromatic carbocycles. The molecule has 31 heavy (non-hydrogen) atoms. The van der Waals surface area contributed by atoms with Crippen molar-refractivity contribution in [3.05, 3.63) is 82.0 Å². The molecule has 0 spiro atoms. The highest BCUT2D eigenvalue weighted by Gasteiger charge is 2.16. The Bertz CT molecular complexity index is 1260. The van der Waals surface area contributed by atoms with Crippen LogP contribution in [0.15, 0.2) is 57.8 Å². The summed E-state index contributed by atoms with van der Waals surface area (Å²) in [7, 11) is 0. The summed E-state index contributed by atoms with van der Waals surface area (Å²) in [6.07, 6.45) is 0. The first-order valence-electron chi connectivity index (χ1n) is 9.82. The second-order valence-electron chi connectivity index (χ2n) is 6.89. The van der Waals surface area contributed by atoms with Crippen molar-refractivity contribution in [2.24, 2.45) is 0 Å². The number of hydrogen-bond acceptors (Lipinski definition) is 7. The maximum absolute atomic E-state index is 13.0. The molecule has 0 saturated heterocycles. The number of nitrogens with one attached hydrogen (secondary N) is 1. The zero-order valence-electron chi connectivity index (χ0n) is 17.2. The van der Waals surface area contributed by atoms with E-state index in [1.807, 2.05) is 13.0 Å². The first-order valence-corrected chi connectivity index (χ1v) is 9.82. The van der Waals surface area contributed by atoms with Crippen molar-refractivity contribution in [2.75, 3.05) is 6.54 Å². The van der Waals surface area contributed by atoms with Crippen LogP contribution in [0.3, 0.4) is 0 Å². The first-order chi connectivity index (χ1) is 15.0. The molecular formula is C22H21N5O4. The molecule has 0 bridgehead atoms. The Labute approximate surface area is 177 Å². The minimum absolute atomic E-state index is 0.168. The lowest BCUT2D eigenvalue weighted by molar-refractivity contribution is 0.0748. The molecule has 0 radical (unpaired) electrons. The van der Waals surface area contributed by atoms with E-state index < -0.39 is 0 Å². The molecule has 0 aliphatic carbocycles. The van der Waals surface area contributed by atoms with Crippen LogP contribution in [-0.2, 0) is 13.2 Å². The van der Waals surface area contributed by atoms with Crippen LogP contribution in [0.25, 0.3) is 10.9 Å². The van der Waals surface area contributed by atoms with Gasteiger partial charge in [0.1, 0.15) is 11.6 Å². The Hall–Kier alpha value is -4.01. The summed E-state index contributed by atoms with van der Waals surface area (Å²) < 4.78 is 10.5. The summed E-state index contributed by atoms with van der Waals surface area (Å²) in [6, 6.07) is 13.9. The van der Waals surface area contributed by atoms with Crippen LogP contribution in [0.1, 0.15) is 34.8 Å². The number of ether oxygens (including phenoxy) is 1. The lowest BCUT2D eigenvalue weighted by atomic mass is 10.2. The molecule has 1 N–H and O–H groups in total. The zero-order chi connectivity index (χ0) is 21.8. The fourth-order valence-electron chi connectivity index (χ4n) is 3.14. The van der Waals surface area contributed by atoms with Gasteiger partial charge in [-0.25, -0.2) is 4.98 Å². The number of hydrogen-bond donors (Lipinski definition) is 1. The van der Waals surface area contributed by atoms with Crippen molar-refractivity contribution < 1.29 is 14.1 Å². The minimum atomic E-state index is -0.220. The topological polar surface area (TPSA) is 114 Å². The fraction of sp³-hybridized carbons (Fsp3) is 0.227. The van der Waals surface area contributed by atoms with Crippen molar-refractivity contribution in [1.29, 1.82) is 0 Å². The van der Waals surface area contributed by atoms with Crippen molar-refractivity contribution in [1.82, 2.24) is 25.0 Å². The number of aromatic nitrogens is 4. The van der Waals surface area contributed by atoms with E-state index in [-0.39, 0.29) is 24.6 Å². The van der Waals surface area contributed by atoms with Gasteiger partial charge >= 0.3 is 0 Å². The molecule has 0 aliphatic heterocycles. The molecule has 0 unspecified atom stereocenters. The van der Waals surface area contributed by atoms with Gasteiger partial charge in [-0.05, 0) is 43.3 Å². The van der Waals surface area contributed by atoms with Crippen LogP contribution < -0.4 is 10.3 Å². The van der Waals surface area contributed by atoms with E-state index in [0.717, 1.165) is 0 Å². The molecule has 2 aromatic heterocycles. The summed E-state index contributed by atoms with van der Waals surface area (Å²) in [5.41, 5.74) is 0.887. The van der Waals surface area contributed by atoms with Crippen LogP contribution in [0.5, 0.6) is 5.75 Å². The predicted molar refractivity (Wildman–Crippen MR) is 113 cm³/mol. The van der Waals surface area contributed by atoms with E-state index in [4.69, 9.17) is 9.26 Å². The average Bonchev–Trinajstić information content (AvgIpc) is 3.21. The van der Waals surface area contributed by atoms with Gasteiger partial charge in [0, 0.05) is 19.0 Å². The van der Waals surface area contributed by atoms with E-state index >= 15 is 0 Å². The van der Waals surface area contributed by atoms with Gasteiger partial charge < -0.3 is 19.1 Å². The molecule has 0 aliphatic rings. The highest BCUT2D eigenvalue weighted by atomic mass is 16.5. The number of aromatic amines is 1. The van der Waals surface area contributed by atoms with Crippen LogP contribution >= 0.6 is 0 Å². The van der Waals surface area contributed by atoms with Crippen molar-refractivity contribution in [3.63, 3.8) is 0 Å². The van der Waals surface area contributed by atoms with E-state index in [1.54, 1.807) is 54.3 Å². The number of carbonyl (C=O) groups is 1. The second-order valence-corrected chi connectivity index (χ2v) is 6.89.